The number of aromatic nitrogens is 2. The molecule has 2 amide bonds. The van der Waals surface area contributed by atoms with Crippen molar-refractivity contribution in [2.45, 2.75) is 39.8 Å². The van der Waals surface area contributed by atoms with E-state index in [0.29, 0.717) is 35.9 Å². The van der Waals surface area contributed by atoms with Gasteiger partial charge in [0.25, 0.3) is 5.91 Å². The van der Waals surface area contributed by atoms with E-state index < -0.39 is 0 Å². The molecule has 0 atom stereocenters. The number of hydrogen-bond acceptors (Lipinski definition) is 3. The Morgan fingerprint density at radius 2 is 1.74 bits per heavy atom. The molecule has 0 bridgehead atoms. The molecule has 0 aliphatic carbocycles. The van der Waals surface area contributed by atoms with Crippen LogP contribution in [0.5, 0.6) is 0 Å². The molecule has 1 fully saturated rings. The Morgan fingerprint density at radius 3 is 2.39 bits per heavy atom. The summed E-state index contributed by atoms with van der Waals surface area (Å²) in [4.78, 5) is 26.5. The van der Waals surface area contributed by atoms with Gasteiger partial charge in [-0.2, -0.15) is 5.10 Å². The second-order valence-electron chi connectivity index (χ2n) is 7.89. The van der Waals surface area contributed by atoms with Gasteiger partial charge in [-0.25, -0.2) is 4.68 Å². The highest BCUT2D eigenvalue weighted by Crippen LogP contribution is 2.23. The van der Waals surface area contributed by atoms with E-state index >= 15 is 0 Å². The second-order valence-corrected chi connectivity index (χ2v) is 8.25. The van der Waals surface area contributed by atoms with Gasteiger partial charge in [0.1, 0.15) is 5.15 Å². The van der Waals surface area contributed by atoms with Crippen molar-refractivity contribution in [3.63, 3.8) is 0 Å². The first-order chi connectivity index (χ1) is 14.9. The molecular formula is C24H25ClN4O2. The fourth-order valence-corrected chi connectivity index (χ4v) is 4.09. The minimum Gasteiger partial charge on any atom is -0.348 e. The Balaban J connectivity index is 1.41. The molecule has 1 aromatic heterocycles. The van der Waals surface area contributed by atoms with Crippen LogP contribution in [0.15, 0.2) is 48.5 Å². The Morgan fingerprint density at radius 1 is 1.06 bits per heavy atom. The zero-order valence-corrected chi connectivity index (χ0v) is 18.4. The zero-order valence-electron chi connectivity index (χ0n) is 17.7. The summed E-state index contributed by atoms with van der Waals surface area (Å²) in [5.41, 5.74) is 5.09. The van der Waals surface area contributed by atoms with Gasteiger partial charge in [0.2, 0.25) is 5.91 Å². The monoisotopic (exact) mass is 436 g/mol. The van der Waals surface area contributed by atoms with Gasteiger partial charge >= 0.3 is 0 Å². The van der Waals surface area contributed by atoms with Gasteiger partial charge in [0, 0.05) is 25.2 Å². The number of anilines is 1. The summed E-state index contributed by atoms with van der Waals surface area (Å²) < 4.78 is 1.65. The summed E-state index contributed by atoms with van der Waals surface area (Å²) in [5.74, 6) is -0.0923. The van der Waals surface area contributed by atoms with Crippen molar-refractivity contribution in [1.29, 1.82) is 0 Å². The normalized spacial score (nSPS) is 13.6. The highest BCUT2D eigenvalue weighted by atomic mass is 35.5. The molecule has 1 aliphatic heterocycles. The lowest BCUT2D eigenvalue weighted by atomic mass is 10.1. The highest BCUT2D eigenvalue weighted by molar-refractivity contribution is 6.33. The van der Waals surface area contributed by atoms with Crippen LogP contribution in [-0.4, -0.2) is 28.1 Å². The number of nitrogens with zero attached hydrogens (tertiary/aromatic N) is 3. The number of aryl methyl sites for hydroxylation is 2. The number of amides is 2. The Hall–Kier alpha value is -3.12. The standard InChI is InChI=1S/C24H25ClN4O2/c1-16-5-7-19(8-6-16)15-29-23(25)22(17(2)27-29)24(31)26-14-18-9-11-20(12-10-18)28-13-3-4-21(28)30/h5-12H,3-4,13-15H2,1-2H3,(H,26,31). The van der Waals surface area contributed by atoms with Gasteiger partial charge in [-0.1, -0.05) is 53.6 Å². The summed E-state index contributed by atoms with van der Waals surface area (Å²) in [6.07, 6.45) is 1.50. The maximum atomic E-state index is 12.8. The molecule has 0 spiro atoms. The van der Waals surface area contributed by atoms with Crippen LogP contribution in [0.25, 0.3) is 0 Å². The van der Waals surface area contributed by atoms with Crippen molar-refractivity contribution in [2.75, 3.05) is 11.4 Å². The number of carbonyl (C=O) groups is 2. The van der Waals surface area contributed by atoms with Gasteiger partial charge in [-0.05, 0) is 43.5 Å². The molecule has 0 radical (unpaired) electrons. The average Bonchev–Trinajstić information content (AvgIpc) is 3.31. The number of rotatable bonds is 6. The maximum Gasteiger partial charge on any atom is 0.256 e. The first kappa shape index (κ1) is 21.1. The SMILES string of the molecule is Cc1ccc(Cn2nc(C)c(C(=O)NCc3ccc(N4CCCC4=O)cc3)c2Cl)cc1. The molecule has 7 heteroatoms. The van der Waals surface area contributed by atoms with Gasteiger partial charge < -0.3 is 10.2 Å². The number of carbonyl (C=O) groups excluding carboxylic acids is 2. The Labute approximate surface area is 186 Å². The van der Waals surface area contributed by atoms with E-state index in [2.05, 4.69) is 10.4 Å². The summed E-state index contributed by atoms with van der Waals surface area (Å²) in [7, 11) is 0. The first-order valence-corrected chi connectivity index (χ1v) is 10.8. The number of nitrogens with one attached hydrogen (secondary N) is 1. The molecule has 4 rings (SSSR count). The van der Waals surface area contributed by atoms with E-state index in [0.717, 1.165) is 29.8 Å². The number of hydrogen-bond donors (Lipinski definition) is 1. The van der Waals surface area contributed by atoms with Crippen LogP contribution in [0, 0.1) is 13.8 Å². The third kappa shape index (κ3) is 4.64. The topological polar surface area (TPSA) is 67.2 Å². The molecule has 0 unspecified atom stereocenters. The van der Waals surface area contributed by atoms with Crippen LogP contribution in [0.2, 0.25) is 5.15 Å². The molecule has 2 aromatic carbocycles. The fourth-order valence-electron chi connectivity index (χ4n) is 3.77. The van der Waals surface area contributed by atoms with Crippen LogP contribution < -0.4 is 10.2 Å². The minimum absolute atomic E-state index is 0.161. The van der Waals surface area contributed by atoms with Gasteiger partial charge in [0.05, 0.1) is 17.8 Å². The molecule has 3 aromatic rings. The predicted octanol–water partition coefficient (Wildman–Crippen LogP) is 4.26. The molecule has 6 nitrogen and oxygen atoms in total. The summed E-state index contributed by atoms with van der Waals surface area (Å²) in [5, 5.41) is 7.71. The number of benzene rings is 2. The lowest BCUT2D eigenvalue weighted by molar-refractivity contribution is -0.117. The van der Waals surface area contributed by atoms with Crippen LogP contribution in [0.1, 0.15) is 45.6 Å². The molecule has 0 saturated carbocycles. The van der Waals surface area contributed by atoms with Crippen molar-refractivity contribution in [3.05, 3.63) is 81.6 Å². The third-order valence-electron chi connectivity index (χ3n) is 5.52. The van der Waals surface area contributed by atoms with Gasteiger partial charge in [-0.15, -0.1) is 0 Å². The van der Waals surface area contributed by atoms with E-state index in [4.69, 9.17) is 11.6 Å². The molecule has 160 valence electrons. The Bertz CT molecular complexity index is 1100. The molecular weight excluding hydrogens is 412 g/mol. The first-order valence-electron chi connectivity index (χ1n) is 10.4. The van der Waals surface area contributed by atoms with E-state index in [9.17, 15) is 9.59 Å². The maximum absolute atomic E-state index is 12.8. The van der Waals surface area contributed by atoms with Crippen LogP contribution in [0.4, 0.5) is 5.69 Å². The van der Waals surface area contributed by atoms with Crippen molar-refractivity contribution >= 4 is 29.1 Å². The molecule has 31 heavy (non-hydrogen) atoms. The highest BCUT2D eigenvalue weighted by Gasteiger charge is 2.22. The van der Waals surface area contributed by atoms with Gasteiger partial charge in [0.15, 0.2) is 0 Å². The number of halogens is 1. The van der Waals surface area contributed by atoms with Crippen LogP contribution in [-0.2, 0) is 17.9 Å². The van der Waals surface area contributed by atoms with Crippen molar-refractivity contribution < 1.29 is 9.59 Å². The molecule has 1 saturated heterocycles. The van der Waals surface area contributed by atoms with Crippen molar-refractivity contribution in [3.8, 4) is 0 Å². The fraction of sp³-hybridized carbons (Fsp3) is 0.292. The minimum atomic E-state index is -0.253. The van der Waals surface area contributed by atoms with E-state index in [1.807, 2.05) is 55.5 Å². The van der Waals surface area contributed by atoms with E-state index in [1.165, 1.54) is 5.56 Å². The van der Waals surface area contributed by atoms with Gasteiger partial charge in [-0.3, -0.25) is 9.59 Å². The second kappa shape index (κ2) is 8.94. The van der Waals surface area contributed by atoms with Crippen molar-refractivity contribution in [2.24, 2.45) is 0 Å². The lowest BCUT2D eigenvalue weighted by Gasteiger charge is -2.16. The molecule has 1 aliphatic rings. The lowest BCUT2D eigenvalue weighted by Crippen LogP contribution is -2.24. The average molecular weight is 437 g/mol. The summed E-state index contributed by atoms with van der Waals surface area (Å²) in [6, 6.07) is 15.8. The zero-order chi connectivity index (χ0) is 22.0. The quantitative estimate of drug-likeness (QED) is 0.627. The molecule has 2 heterocycles. The third-order valence-corrected chi connectivity index (χ3v) is 5.90. The Kier molecular flexibility index (Phi) is 6.09. The van der Waals surface area contributed by atoms with Crippen LogP contribution in [0.3, 0.4) is 0 Å². The van der Waals surface area contributed by atoms with Crippen molar-refractivity contribution in [1.82, 2.24) is 15.1 Å². The molecule has 1 N–H and O–H groups in total. The van der Waals surface area contributed by atoms with Crippen LogP contribution >= 0.6 is 11.6 Å². The summed E-state index contributed by atoms with van der Waals surface area (Å²) >= 11 is 6.50. The van der Waals surface area contributed by atoms with E-state index in [-0.39, 0.29) is 11.8 Å². The summed E-state index contributed by atoms with van der Waals surface area (Å²) in [6.45, 7) is 5.46. The largest absolute Gasteiger partial charge is 0.348 e. The predicted molar refractivity (Wildman–Crippen MR) is 121 cm³/mol. The van der Waals surface area contributed by atoms with E-state index in [1.54, 1.807) is 16.5 Å². The smallest absolute Gasteiger partial charge is 0.256 e.